The fourth-order valence-corrected chi connectivity index (χ4v) is 1.52. The fourth-order valence-electron chi connectivity index (χ4n) is 1.52. The summed E-state index contributed by atoms with van der Waals surface area (Å²) >= 11 is 0. The number of aromatic nitrogens is 2. The maximum absolute atomic E-state index is 4.38. The van der Waals surface area contributed by atoms with E-state index in [-0.39, 0.29) is 0 Å². The lowest BCUT2D eigenvalue weighted by molar-refractivity contribution is 0.746. The average molecular weight is 179 g/mol. The minimum absolute atomic E-state index is 0.921. The van der Waals surface area contributed by atoms with Gasteiger partial charge in [-0.3, -0.25) is 4.68 Å². The van der Waals surface area contributed by atoms with E-state index in [1.54, 1.807) is 0 Å². The number of nitrogens with one attached hydrogen (secondary N) is 1. The molecule has 1 saturated carbocycles. The number of rotatable bonds is 4. The van der Waals surface area contributed by atoms with Crippen LogP contribution in [0, 0.1) is 5.92 Å². The molecule has 0 aromatic carbocycles. The van der Waals surface area contributed by atoms with Gasteiger partial charge >= 0.3 is 0 Å². The quantitative estimate of drug-likeness (QED) is 0.764. The first-order valence-corrected chi connectivity index (χ1v) is 5.06. The summed E-state index contributed by atoms with van der Waals surface area (Å²) in [7, 11) is 1.97. The van der Waals surface area contributed by atoms with Gasteiger partial charge in [0.1, 0.15) is 0 Å². The van der Waals surface area contributed by atoms with Crippen molar-refractivity contribution in [1.29, 1.82) is 0 Å². The molecule has 0 saturated heterocycles. The first kappa shape index (κ1) is 8.60. The molecular weight excluding hydrogens is 162 g/mol. The Balaban J connectivity index is 1.99. The van der Waals surface area contributed by atoms with E-state index in [0.717, 1.165) is 18.9 Å². The Hall–Kier alpha value is -0.990. The molecule has 0 unspecified atom stereocenters. The number of anilines is 1. The molecule has 0 amide bonds. The lowest BCUT2D eigenvalue weighted by atomic mass is 10.3. The van der Waals surface area contributed by atoms with Gasteiger partial charge in [0, 0.05) is 19.8 Å². The van der Waals surface area contributed by atoms with Crippen LogP contribution in [-0.4, -0.2) is 16.3 Å². The highest BCUT2D eigenvalue weighted by Gasteiger charge is 2.21. The van der Waals surface area contributed by atoms with E-state index in [2.05, 4.69) is 23.5 Å². The molecule has 0 radical (unpaired) electrons. The highest BCUT2D eigenvalue weighted by atomic mass is 15.3. The van der Waals surface area contributed by atoms with Crippen molar-refractivity contribution in [2.45, 2.75) is 26.2 Å². The molecule has 72 valence electrons. The Kier molecular flexibility index (Phi) is 2.25. The largest absolute Gasteiger partial charge is 0.382 e. The van der Waals surface area contributed by atoms with Crippen LogP contribution in [0.1, 0.15) is 25.5 Å². The van der Waals surface area contributed by atoms with Crippen molar-refractivity contribution in [2.24, 2.45) is 13.0 Å². The van der Waals surface area contributed by atoms with Gasteiger partial charge in [0.2, 0.25) is 0 Å². The van der Waals surface area contributed by atoms with Crippen molar-refractivity contribution in [1.82, 2.24) is 9.78 Å². The molecular formula is C10H17N3. The standard InChI is InChI=1S/C10H17N3/c1-3-9-10(7-13(2)12-9)11-6-8-4-5-8/h7-8,11H,3-6H2,1-2H3. The molecule has 1 aliphatic carbocycles. The van der Waals surface area contributed by atoms with Crippen LogP contribution in [0.25, 0.3) is 0 Å². The first-order valence-electron chi connectivity index (χ1n) is 5.06. The monoisotopic (exact) mass is 179 g/mol. The van der Waals surface area contributed by atoms with Crippen LogP contribution in [0.4, 0.5) is 5.69 Å². The van der Waals surface area contributed by atoms with E-state index in [1.165, 1.54) is 24.2 Å². The molecule has 3 nitrogen and oxygen atoms in total. The molecule has 0 spiro atoms. The SMILES string of the molecule is CCc1nn(C)cc1NCC1CC1. The van der Waals surface area contributed by atoms with Gasteiger partial charge in [-0.1, -0.05) is 6.92 Å². The molecule has 0 aliphatic heterocycles. The lowest BCUT2D eigenvalue weighted by Crippen LogP contribution is -2.03. The molecule has 1 aromatic rings. The molecule has 1 N–H and O–H groups in total. The lowest BCUT2D eigenvalue weighted by Gasteiger charge is -2.02. The number of hydrogen-bond acceptors (Lipinski definition) is 2. The zero-order valence-corrected chi connectivity index (χ0v) is 8.38. The molecule has 1 aliphatic rings. The van der Waals surface area contributed by atoms with Crippen molar-refractivity contribution in [3.8, 4) is 0 Å². The van der Waals surface area contributed by atoms with Gasteiger partial charge in [-0.2, -0.15) is 5.10 Å². The van der Waals surface area contributed by atoms with Crippen LogP contribution >= 0.6 is 0 Å². The average Bonchev–Trinajstić information content (AvgIpc) is 2.87. The summed E-state index contributed by atoms with van der Waals surface area (Å²) in [6.45, 7) is 3.27. The Morgan fingerprint density at radius 1 is 1.62 bits per heavy atom. The summed E-state index contributed by atoms with van der Waals surface area (Å²) in [5.41, 5.74) is 2.40. The highest BCUT2D eigenvalue weighted by Crippen LogP contribution is 2.29. The Morgan fingerprint density at radius 3 is 3.00 bits per heavy atom. The van der Waals surface area contributed by atoms with Crippen molar-refractivity contribution < 1.29 is 0 Å². The number of hydrogen-bond donors (Lipinski definition) is 1. The van der Waals surface area contributed by atoms with Crippen LogP contribution in [-0.2, 0) is 13.5 Å². The van der Waals surface area contributed by atoms with Crippen LogP contribution < -0.4 is 5.32 Å². The van der Waals surface area contributed by atoms with Crippen molar-refractivity contribution >= 4 is 5.69 Å². The van der Waals surface area contributed by atoms with E-state index >= 15 is 0 Å². The van der Waals surface area contributed by atoms with E-state index in [0.29, 0.717) is 0 Å². The third-order valence-electron chi connectivity index (χ3n) is 2.52. The number of nitrogens with zero attached hydrogens (tertiary/aromatic N) is 2. The van der Waals surface area contributed by atoms with E-state index in [1.807, 2.05) is 11.7 Å². The van der Waals surface area contributed by atoms with Gasteiger partial charge in [0.15, 0.2) is 0 Å². The maximum atomic E-state index is 4.38. The number of aryl methyl sites for hydroxylation is 2. The predicted octanol–water partition coefficient (Wildman–Crippen LogP) is 1.80. The molecule has 1 heterocycles. The second kappa shape index (κ2) is 3.40. The van der Waals surface area contributed by atoms with Crippen molar-refractivity contribution in [3.63, 3.8) is 0 Å². The minimum Gasteiger partial charge on any atom is -0.382 e. The van der Waals surface area contributed by atoms with Gasteiger partial charge in [0.05, 0.1) is 11.4 Å². The zero-order chi connectivity index (χ0) is 9.26. The topological polar surface area (TPSA) is 29.9 Å². The fraction of sp³-hybridized carbons (Fsp3) is 0.700. The van der Waals surface area contributed by atoms with E-state index in [4.69, 9.17) is 0 Å². The van der Waals surface area contributed by atoms with Crippen molar-refractivity contribution in [2.75, 3.05) is 11.9 Å². The summed E-state index contributed by atoms with van der Waals surface area (Å²) in [6.07, 6.45) is 5.87. The predicted molar refractivity (Wildman–Crippen MR) is 53.8 cm³/mol. The summed E-state index contributed by atoms with van der Waals surface area (Å²) in [5.74, 6) is 0.921. The smallest absolute Gasteiger partial charge is 0.0853 e. The summed E-state index contributed by atoms with van der Waals surface area (Å²) in [5, 5.41) is 7.85. The first-order chi connectivity index (χ1) is 6.29. The summed E-state index contributed by atoms with van der Waals surface area (Å²) in [4.78, 5) is 0. The Morgan fingerprint density at radius 2 is 2.38 bits per heavy atom. The molecule has 0 atom stereocenters. The van der Waals surface area contributed by atoms with Gasteiger partial charge in [0.25, 0.3) is 0 Å². The van der Waals surface area contributed by atoms with Crippen molar-refractivity contribution in [3.05, 3.63) is 11.9 Å². The normalized spacial score (nSPS) is 16.2. The zero-order valence-electron chi connectivity index (χ0n) is 8.38. The van der Waals surface area contributed by atoms with E-state index in [9.17, 15) is 0 Å². The molecule has 0 bridgehead atoms. The van der Waals surface area contributed by atoms with Gasteiger partial charge < -0.3 is 5.32 Å². The summed E-state index contributed by atoms with van der Waals surface area (Å²) in [6, 6.07) is 0. The second-order valence-electron chi connectivity index (χ2n) is 3.84. The van der Waals surface area contributed by atoms with E-state index < -0.39 is 0 Å². The Bertz CT molecular complexity index is 286. The maximum Gasteiger partial charge on any atom is 0.0853 e. The Labute approximate surface area is 79.1 Å². The third kappa shape index (κ3) is 2.02. The minimum atomic E-state index is 0.921. The highest BCUT2D eigenvalue weighted by molar-refractivity contribution is 5.46. The van der Waals surface area contributed by atoms with Crippen LogP contribution in [0.2, 0.25) is 0 Å². The summed E-state index contributed by atoms with van der Waals surface area (Å²) < 4.78 is 1.88. The van der Waals surface area contributed by atoms with Crippen LogP contribution in [0.5, 0.6) is 0 Å². The van der Waals surface area contributed by atoms with Gasteiger partial charge in [-0.25, -0.2) is 0 Å². The molecule has 2 rings (SSSR count). The van der Waals surface area contributed by atoms with Crippen LogP contribution in [0.3, 0.4) is 0 Å². The van der Waals surface area contributed by atoms with Gasteiger partial charge in [-0.15, -0.1) is 0 Å². The molecule has 3 heteroatoms. The molecule has 1 aromatic heterocycles. The van der Waals surface area contributed by atoms with Crippen LogP contribution in [0.15, 0.2) is 6.20 Å². The van der Waals surface area contributed by atoms with Gasteiger partial charge in [-0.05, 0) is 25.2 Å². The third-order valence-corrected chi connectivity index (χ3v) is 2.52. The second-order valence-corrected chi connectivity index (χ2v) is 3.84. The molecule has 1 fully saturated rings. The molecule has 13 heavy (non-hydrogen) atoms.